The first-order valence-corrected chi connectivity index (χ1v) is 19.1. The third-order valence-electron chi connectivity index (χ3n) is 11.1. The molecule has 4 aliphatic rings. The molecule has 2 aromatic carbocycles. The van der Waals surface area contributed by atoms with E-state index in [1.54, 1.807) is 11.0 Å². The monoisotopic (exact) mass is 752 g/mol. The van der Waals surface area contributed by atoms with Crippen molar-refractivity contribution in [2.45, 2.75) is 82.0 Å². The van der Waals surface area contributed by atoms with Crippen LogP contribution in [0, 0.1) is 0 Å². The van der Waals surface area contributed by atoms with Gasteiger partial charge in [0.1, 0.15) is 19.3 Å². The Morgan fingerprint density at radius 1 is 0.815 bits per heavy atom. The number of ether oxygens (including phenoxy) is 3. The Hall–Kier alpha value is -5.30. The molecule has 2 amide bonds. The Morgan fingerprint density at radius 2 is 1.46 bits per heavy atom. The SMILES string of the molecule is Nc1nnc(Cl)cc1N1CC2CCC(C1)N2c1ccnc(OC2CC(N(C(=O)OCc3ccccc3)C3CCN(C(=O)OCc4ccccc4)CC3)C2)c1. The molecule has 282 valence electrons. The van der Waals surface area contributed by atoms with Crippen LogP contribution in [-0.2, 0) is 22.7 Å². The molecule has 2 N–H and O–H groups in total. The average Bonchev–Trinajstić information content (AvgIpc) is 3.46. The molecule has 2 aromatic heterocycles. The smallest absolute Gasteiger partial charge is 0.410 e. The number of fused-ring (bicyclic) bond motifs is 2. The Kier molecular flexibility index (Phi) is 10.6. The fraction of sp³-hybridized carbons (Fsp3) is 0.425. The zero-order valence-electron chi connectivity index (χ0n) is 30.1. The van der Waals surface area contributed by atoms with Crippen molar-refractivity contribution in [1.29, 1.82) is 0 Å². The average molecular weight is 753 g/mol. The topological polar surface area (TPSA) is 139 Å². The fourth-order valence-electron chi connectivity index (χ4n) is 8.33. The van der Waals surface area contributed by atoms with Crippen molar-refractivity contribution in [2.24, 2.45) is 0 Å². The van der Waals surface area contributed by atoms with Gasteiger partial charge in [-0.15, -0.1) is 10.2 Å². The van der Waals surface area contributed by atoms with Crippen LogP contribution in [0.5, 0.6) is 5.88 Å². The molecule has 0 spiro atoms. The van der Waals surface area contributed by atoms with E-state index in [0.29, 0.717) is 67.7 Å². The molecule has 4 aromatic rings. The molecule has 13 nitrogen and oxygen atoms in total. The molecule has 5 heterocycles. The van der Waals surface area contributed by atoms with Crippen LogP contribution in [0.15, 0.2) is 85.1 Å². The van der Waals surface area contributed by atoms with Gasteiger partial charge < -0.3 is 39.5 Å². The Bertz CT molecular complexity index is 1900. The number of nitrogens with two attached hydrogens (primary N) is 1. The second-order valence-corrected chi connectivity index (χ2v) is 14.9. The van der Waals surface area contributed by atoms with Gasteiger partial charge in [0.05, 0.1) is 5.69 Å². The van der Waals surface area contributed by atoms with E-state index in [4.69, 9.17) is 31.5 Å². The summed E-state index contributed by atoms with van der Waals surface area (Å²) in [5.74, 6) is 0.964. The third-order valence-corrected chi connectivity index (χ3v) is 11.3. The number of nitrogens with zero attached hydrogens (tertiary/aromatic N) is 7. The van der Waals surface area contributed by atoms with E-state index < -0.39 is 0 Å². The Morgan fingerprint density at radius 3 is 2.13 bits per heavy atom. The fourth-order valence-corrected chi connectivity index (χ4v) is 8.47. The first kappa shape index (κ1) is 35.7. The summed E-state index contributed by atoms with van der Waals surface area (Å²) >= 11 is 6.15. The van der Waals surface area contributed by atoms with Crippen molar-refractivity contribution in [3.8, 4) is 5.88 Å². The van der Waals surface area contributed by atoms with Gasteiger partial charge in [-0.1, -0.05) is 72.3 Å². The van der Waals surface area contributed by atoms with Crippen LogP contribution in [0.1, 0.15) is 49.7 Å². The minimum atomic E-state index is -0.339. The van der Waals surface area contributed by atoms with Crippen LogP contribution in [0.2, 0.25) is 5.15 Å². The lowest BCUT2D eigenvalue weighted by Crippen LogP contribution is -2.58. The molecule has 4 fully saturated rings. The van der Waals surface area contributed by atoms with Crippen LogP contribution < -0.4 is 20.3 Å². The van der Waals surface area contributed by atoms with E-state index in [2.05, 4.69) is 25.0 Å². The molecular weight excluding hydrogens is 708 g/mol. The lowest BCUT2D eigenvalue weighted by molar-refractivity contribution is -0.0207. The van der Waals surface area contributed by atoms with E-state index in [1.165, 1.54) is 0 Å². The van der Waals surface area contributed by atoms with Gasteiger partial charge in [-0.05, 0) is 42.9 Å². The predicted octanol–water partition coefficient (Wildman–Crippen LogP) is 6.31. The highest BCUT2D eigenvalue weighted by atomic mass is 35.5. The number of aromatic nitrogens is 3. The summed E-state index contributed by atoms with van der Waals surface area (Å²) in [4.78, 5) is 39.6. The van der Waals surface area contributed by atoms with Crippen LogP contribution >= 0.6 is 11.6 Å². The van der Waals surface area contributed by atoms with Crippen molar-refractivity contribution in [3.63, 3.8) is 0 Å². The van der Waals surface area contributed by atoms with Crippen LogP contribution in [0.25, 0.3) is 0 Å². The lowest BCUT2D eigenvalue weighted by Gasteiger charge is -2.47. The first-order chi connectivity index (χ1) is 26.4. The number of carbonyl (C=O) groups excluding carboxylic acids is 2. The van der Waals surface area contributed by atoms with Crippen molar-refractivity contribution >= 4 is 41.0 Å². The van der Waals surface area contributed by atoms with Gasteiger partial charge in [-0.2, -0.15) is 0 Å². The zero-order valence-corrected chi connectivity index (χ0v) is 30.8. The van der Waals surface area contributed by atoms with Gasteiger partial charge in [0, 0.05) is 87.2 Å². The minimum absolute atomic E-state index is 0.0458. The van der Waals surface area contributed by atoms with Crippen LogP contribution in [0.4, 0.5) is 26.8 Å². The number of rotatable bonds is 10. The van der Waals surface area contributed by atoms with Gasteiger partial charge >= 0.3 is 12.2 Å². The van der Waals surface area contributed by atoms with Gasteiger partial charge in [0.25, 0.3) is 0 Å². The number of likely N-dealkylation sites (tertiary alicyclic amines) is 1. The summed E-state index contributed by atoms with van der Waals surface area (Å²) in [6, 6.07) is 25.7. The third kappa shape index (κ3) is 7.96. The number of hydrogen-bond acceptors (Lipinski definition) is 11. The molecule has 0 radical (unpaired) electrons. The number of nitrogen functional groups attached to an aromatic ring is 1. The molecule has 8 rings (SSSR count). The van der Waals surface area contributed by atoms with E-state index in [9.17, 15) is 9.59 Å². The molecule has 1 saturated carbocycles. The minimum Gasteiger partial charge on any atom is -0.474 e. The molecular formula is C40H45ClN8O5. The summed E-state index contributed by atoms with van der Waals surface area (Å²) in [7, 11) is 0. The summed E-state index contributed by atoms with van der Waals surface area (Å²) < 4.78 is 17.9. The van der Waals surface area contributed by atoms with Crippen molar-refractivity contribution < 1.29 is 23.8 Å². The number of benzene rings is 2. The van der Waals surface area contributed by atoms with Gasteiger partial charge in [0.15, 0.2) is 11.0 Å². The number of hydrogen-bond donors (Lipinski definition) is 1. The molecule has 1 aliphatic carbocycles. The second kappa shape index (κ2) is 16.0. The largest absolute Gasteiger partial charge is 0.474 e. The molecule has 3 saturated heterocycles. The maximum absolute atomic E-state index is 13.7. The number of carbonyl (C=O) groups is 2. The van der Waals surface area contributed by atoms with Crippen molar-refractivity contribution in [2.75, 3.05) is 41.7 Å². The standard InChI is InChI=1S/C40H45ClN8O5/c41-36-22-35(38(42)45-44-36)47-23-31-11-12-32(24-47)48(31)30-13-16-43-37(21-30)54-34-19-33(20-34)49(40(51)53-26-28-9-5-2-6-10-28)29-14-17-46(18-15-29)39(50)52-25-27-7-3-1-4-8-27/h1-10,13,16,21-22,29,31-34H,11-12,14-15,17-20,23-26H2,(H2,42,45). The van der Waals surface area contributed by atoms with Crippen LogP contribution in [0.3, 0.4) is 0 Å². The zero-order chi connectivity index (χ0) is 37.0. The molecule has 3 aliphatic heterocycles. The van der Waals surface area contributed by atoms with Gasteiger partial charge in [-0.3, -0.25) is 0 Å². The summed E-state index contributed by atoms with van der Waals surface area (Å²) in [5.41, 5.74) is 9.96. The molecule has 54 heavy (non-hydrogen) atoms. The van der Waals surface area contributed by atoms with E-state index in [0.717, 1.165) is 48.4 Å². The molecule has 2 unspecified atom stereocenters. The Balaban J connectivity index is 0.883. The highest BCUT2D eigenvalue weighted by Gasteiger charge is 2.44. The quantitative estimate of drug-likeness (QED) is 0.195. The maximum atomic E-state index is 13.7. The highest BCUT2D eigenvalue weighted by Crippen LogP contribution is 2.39. The van der Waals surface area contributed by atoms with Gasteiger partial charge in [-0.25, -0.2) is 14.6 Å². The summed E-state index contributed by atoms with van der Waals surface area (Å²) in [5, 5.41) is 8.23. The number of anilines is 3. The van der Waals surface area contributed by atoms with E-state index in [1.807, 2.05) is 83.9 Å². The molecule has 14 heteroatoms. The number of amides is 2. The van der Waals surface area contributed by atoms with Crippen LogP contribution in [-0.4, -0.2) is 93.6 Å². The molecule has 2 atom stereocenters. The lowest BCUT2D eigenvalue weighted by atomic mass is 9.86. The van der Waals surface area contributed by atoms with E-state index >= 15 is 0 Å². The number of halogens is 1. The first-order valence-electron chi connectivity index (χ1n) is 18.8. The van der Waals surface area contributed by atoms with Crippen molar-refractivity contribution in [1.82, 2.24) is 25.0 Å². The normalized spacial score (nSPS) is 22.4. The Labute approximate surface area is 319 Å². The van der Waals surface area contributed by atoms with Gasteiger partial charge in [0.2, 0.25) is 5.88 Å². The molecule has 2 bridgehead atoms. The highest BCUT2D eigenvalue weighted by molar-refractivity contribution is 6.29. The number of piperazine rings is 1. The number of piperidine rings is 1. The summed E-state index contributed by atoms with van der Waals surface area (Å²) in [6.07, 6.45) is 5.80. The predicted molar refractivity (Wildman–Crippen MR) is 204 cm³/mol. The second-order valence-electron chi connectivity index (χ2n) is 14.6. The van der Waals surface area contributed by atoms with E-state index in [-0.39, 0.29) is 43.6 Å². The summed E-state index contributed by atoms with van der Waals surface area (Å²) in [6.45, 7) is 3.03. The number of pyridine rings is 1. The maximum Gasteiger partial charge on any atom is 0.410 e. The van der Waals surface area contributed by atoms with Crippen molar-refractivity contribution in [3.05, 3.63) is 101 Å².